The molecule has 40 heavy (non-hydrogen) atoms. The van der Waals surface area contributed by atoms with E-state index in [1.807, 2.05) is 40.1 Å². The normalized spacial score (nSPS) is 22.7. The van der Waals surface area contributed by atoms with Gasteiger partial charge in [0, 0.05) is 61.6 Å². The molecule has 2 unspecified atom stereocenters. The number of imidazole rings is 1. The molecule has 2 atom stereocenters. The van der Waals surface area contributed by atoms with Crippen molar-refractivity contribution in [1.29, 1.82) is 0 Å². The number of urea groups is 1. The number of rotatable bonds is 2. The number of morpholine rings is 1. The fourth-order valence-corrected chi connectivity index (χ4v) is 6.91. The summed E-state index contributed by atoms with van der Waals surface area (Å²) < 4.78 is 24.8. The van der Waals surface area contributed by atoms with Gasteiger partial charge in [-0.15, -0.1) is 0 Å². The molecule has 0 N–H and O–H groups in total. The second kappa shape index (κ2) is 8.59. The first-order valence-corrected chi connectivity index (χ1v) is 13.7. The van der Waals surface area contributed by atoms with Gasteiger partial charge in [-0.3, -0.25) is 14.0 Å². The van der Waals surface area contributed by atoms with Gasteiger partial charge in [-0.2, -0.15) is 0 Å². The van der Waals surface area contributed by atoms with Crippen molar-refractivity contribution in [3.8, 4) is 0 Å². The Hall–Kier alpha value is -4.31. The number of aromatic nitrogens is 3. The number of carbonyl (C=O) groups is 3. The van der Waals surface area contributed by atoms with Gasteiger partial charge >= 0.3 is 6.03 Å². The maximum absolute atomic E-state index is 15.1. The maximum Gasteiger partial charge on any atom is 0.320 e. The summed E-state index contributed by atoms with van der Waals surface area (Å²) in [6.45, 7) is 2.35. The highest BCUT2D eigenvalue weighted by atomic mass is 19.1. The van der Waals surface area contributed by atoms with Crippen LogP contribution in [0, 0.1) is 5.82 Å². The Kier molecular flexibility index (Phi) is 5.06. The van der Waals surface area contributed by atoms with E-state index in [0.29, 0.717) is 65.2 Å². The molecule has 1 aromatic carbocycles. The minimum atomic E-state index is -0.450. The van der Waals surface area contributed by atoms with Crippen LogP contribution in [-0.4, -0.2) is 73.2 Å². The molecule has 6 heterocycles. The van der Waals surface area contributed by atoms with Crippen molar-refractivity contribution >= 4 is 45.3 Å². The van der Waals surface area contributed by atoms with E-state index in [9.17, 15) is 14.4 Å². The maximum atomic E-state index is 15.1. The number of hydrogen-bond acceptors (Lipinski definition) is 5. The number of ether oxygens (including phenoxy) is 1. The zero-order valence-electron chi connectivity index (χ0n) is 21.7. The van der Waals surface area contributed by atoms with E-state index in [4.69, 9.17) is 4.74 Å². The van der Waals surface area contributed by atoms with Gasteiger partial charge in [-0.25, -0.2) is 14.2 Å². The number of amides is 2. The lowest BCUT2D eigenvalue weighted by atomic mass is 9.98. The zero-order chi connectivity index (χ0) is 27.1. The number of likely N-dealkylation sites (tertiary alicyclic amines) is 1. The van der Waals surface area contributed by atoms with Gasteiger partial charge in [0.15, 0.2) is 11.6 Å². The van der Waals surface area contributed by atoms with Crippen LogP contribution in [-0.2, 0) is 27.4 Å². The van der Waals surface area contributed by atoms with Crippen LogP contribution >= 0.6 is 0 Å². The second-order valence-electron chi connectivity index (χ2n) is 11.1. The number of nitrogens with zero attached hydrogens (tertiary/aromatic N) is 5. The predicted molar refractivity (Wildman–Crippen MR) is 144 cm³/mol. The summed E-state index contributed by atoms with van der Waals surface area (Å²) in [7, 11) is 0. The number of hydrogen-bond donors (Lipinski definition) is 0. The molecule has 3 aliphatic heterocycles. The fraction of sp³-hybridized carbons (Fsp3) is 0.333. The van der Waals surface area contributed by atoms with Crippen molar-refractivity contribution in [2.24, 2.45) is 0 Å². The Morgan fingerprint density at radius 1 is 1.00 bits per heavy atom. The predicted octanol–water partition coefficient (Wildman–Crippen LogP) is 3.68. The smallest absolute Gasteiger partial charge is 0.320 e. The minimum Gasteiger partial charge on any atom is -0.371 e. The Bertz CT molecular complexity index is 1790. The summed E-state index contributed by atoms with van der Waals surface area (Å²) in [6.07, 6.45) is 7.15. The molecule has 2 amide bonds. The number of ketones is 2. The van der Waals surface area contributed by atoms with Crippen LogP contribution in [0.15, 0.2) is 48.9 Å². The standard InChI is InChI=1S/C30H26FN5O4/c31-18-9-17-13-34(30(39)35-14-19-4-5-20(15-35)40-19)8-7-33-16-22(21(10-18)29(17)33)27-24(37)11-25(38)28(27)23-12-32-26-3-1-2-6-36(23)26/h1-3,6,9-10,12,16,19-20H,4-5,7-8,11,13-15H2. The number of benzene rings is 1. The SMILES string of the molecule is O=C1CC(=O)C(c2cnc3ccccn23)=C1c1cn2c3c(cc(F)cc13)CN(C(=O)N1CC3CCC(C1)O3)CC2. The number of allylic oxidation sites excluding steroid dienone is 2. The largest absolute Gasteiger partial charge is 0.371 e. The molecule has 4 aromatic rings. The van der Waals surface area contributed by atoms with Gasteiger partial charge in [-0.1, -0.05) is 6.07 Å². The van der Waals surface area contributed by atoms with E-state index in [-0.39, 0.29) is 42.8 Å². The van der Waals surface area contributed by atoms with Crippen LogP contribution in [0.1, 0.15) is 36.1 Å². The number of carbonyl (C=O) groups excluding carboxylic acids is 3. The Morgan fingerprint density at radius 2 is 1.80 bits per heavy atom. The van der Waals surface area contributed by atoms with Crippen LogP contribution < -0.4 is 0 Å². The van der Waals surface area contributed by atoms with Gasteiger partial charge in [0.1, 0.15) is 11.5 Å². The Morgan fingerprint density at radius 3 is 2.62 bits per heavy atom. The average Bonchev–Trinajstić information content (AvgIpc) is 3.65. The molecule has 3 aromatic heterocycles. The lowest BCUT2D eigenvalue weighted by Gasteiger charge is -2.35. The van der Waals surface area contributed by atoms with E-state index in [1.165, 1.54) is 12.1 Å². The number of fused-ring (bicyclic) bond motifs is 3. The molecule has 2 bridgehead atoms. The first kappa shape index (κ1) is 23.6. The van der Waals surface area contributed by atoms with E-state index in [2.05, 4.69) is 4.98 Å². The zero-order valence-corrected chi connectivity index (χ0v) is 21.7. The molecule has 2 fully saturated rings. The summed E-state index contributed by atoms with van der Waals surface area (Å²) in [5.41, 5.74) is 3.82. The minimum absolute atomic E-state index is 0.0576. The Balaban J connectivity index is 1.23. The summed E-state index contributed by atoms with van der Waals surface area (Å²) in [5.74, 6) is -1.01. The van der Waals surface area contributed by atoms with Crippen molar-refractivity contribution in [1.82, 2.24) is 23.8 Å². The monoisotopic (exact) mass is 539 g/mol. The quantitative estimate of drug-likeness (QED) is 0.363. The third-order valence-corrected chi connectivity index (χ3v) is 8.64. The van der Waals surface area contributed by atoms with Gasteiger partial charge in [0.05, 0.1) is 41.6 Å². The number of Topliss-reactive ketones (excluding diaryl/α,β-unsaturated/α-hetero) is 2. The molecule has 0 radical (unpaired) electrons. The highest BCUT2D eigenvalue weighted by molar-refractivity contribution is 6.51. The molecule has 8 rings (SSSR count). The van der Waals surface area contributed by atoms with Crippen molar-refractivity contribution in [2.45, 2.75) is 44.6 Å². The second-order valence-corrected chi connectivity index (χ2v) is 11.1. The summed E-state index contributed by atoms with van der Waals surface area (Å²) in [4.78, 5) is 48.1. The molecule has 1 aliphatic carbocycles. The van der Waals surface area contributed by atoms with Gasteiger partial charge in [0.2, 0.25) is 0 Å². The van der Waals surface area contributed by atoms with E-state index in [1.54, 1.807) is 15.5 Å². The van der Waals surface area contributed by atoms with Gasteiger partial charge in [-0.05, 0) is 42.7 Å². The molecule has 4 aliphatic rings. The van der Waals surface area contributed by atoms with Crippen molar-refractivity contribution in [3.63, 3.8) is 0 Å². The Labute approximate surface area is 228 Å². The third-order valence-electron chi connectivity index (χ3n) is 8.64. The molecule has 2 saturated heterocycles. The van der Waals surface area contributed by atoms with Crippen molar-refractivity contribution < 1.29 is 23.5 Å². The van der Waals surface area contributed by atoms with Crippen LogP contribution in [0.2, 0.25) is 0 Å². The highest BCUT2D eigenvalue weighted by Crippen LogP contribution is 2.41. The molecule has 0 spiro atoms. The van der Waals surface area contributed by atoms with Gasteiger partial charge in [0.25, 0.3) is 0 Å². The fourth-order valence-electron chi connectivity index (χ4n) is 6.91. The van der Waals surface area contributed by atoms with Crippen molar-refractivity contribution in [2.75, 3.05) is 19.6 Å². The molecule has 10 heteroatoms. The van der Waals surface area contributed by atoms with Gasteiger partial charge < -0.3 is 19.1 Å². The molecular formula is C30H26FN5O4. The third kappa shape index (κ3) is 3.48. The lowest BCUT2D eigenvalue weighted by molar-refractivity contribution is -0.119. The molecular weight excluding hydrogens is 513 g/mol. The van der Waals surface area contributed by atoms with Crippen LogP contribution in [0.4, 0.5) is 9.18 Å². The van der Waals surface area contributed by atoms with Crippen LogP contribution in [0.3, 0.4) is 0 Å². The van der Waals surface area contributed by atoms with E-state index >= 15 is 4.39 Å². The number of halogens is 1. The molecule has 0 saturated carbocycles. The summed E-state index contributed by atoms with van der Waals surface area (Å²) >= 11 is 0. The van der Waals surface area contributed by atoms with E-state index in [0.717, 1.165) is 18.4 Å². The average molecular weight is 540 g/mol. The van der Waals surface area contributed by atoms with E-state index < -0.39 is 5.82 Å². The highest BCUT2D eigenvalue weighted by Gasteiger charge is 2.39. The van der Waals surface area contributed by atoms with Crippen molar-refractivity contribution in [3.05, 3.63) is 71.6 Å². The molecule has 9 nitrogen and oxygen atoms in total. The number of pyridine rings is 1. The summed E-state index contributed by atoms with van der Waals surface area (Å²) in [5, 5.41) is 0.568. The summed E-state index contributed by atoms with van der Waals surface area (Å²) in [6, 6.07) is 8.37. The van der Waals surface area contributed by atoms with Crippen LogP contribution in [0.25, 0.3) is 27.7 Å². The molecule has 202 valence electrons. The van der Waals surface area contributed by atoms with Crippen LogP contribution in [0.5, 0.6) is 0 Å². The first-order valence-electron chi connectivity index (χ1n) is 13.7. The topological polar surface area (TPSA) is 89.2 Å². The first-order chi connectivity index (χ1) is 19.4. The lowest BCUT2D eigenvalue weighted by Crippen LogP contribution is -2.51.